The van der Waals surface area contributed by atoms with Gasteiger partial charge in [-0.1, -0.05) is 30.3 Å². The molecule has 3 aromatic carbocycles. The maximum atomic E-state index is 13.3. The van der Waals surface area contributed by atoms with E-state index in [0.717, 1.165) is 5.56 Å². The highest BCUT2D eigenvalue weighted by Gasteiger charge is 2.16. The summed E-state index contributed by atoms with van der Waals surface area (Å²) in [4.78, 5) is 30.2. The lowest BCUT2D eigenvalue weighted by Gasteiger charge is -2.14. The van der Waals surface area contributed by atoms with Crippen LogP contribution in [0.25, 0.3) is 27.5 Å². The summed E-state index contributed by atoms with van der Waals surface area (Å²) in [7, 11) is 0. The van der Waals surface area contributed by atoms with E-state index < -0.39 is 0 Å². The minimum absolute atomic E-state index is 0.160. The summed E-state index contributed by atoms with van der Waals surface area (Å²) in [6.45, 7) is 1.92. The molecule has 0 saturated heterocycles. The van der Waals surface area contributed by atoms with Crippen molar-refractivity contribution in [1.29, 1.82) is 0 Å². The van der Waals surface area contributed by atoms with Crippen LogP contribution < -0.4 is 10.9 Å². The molecule has 7 heteroatoms. The molecule has 6 nitrogen and oxygen atoms in total. The molecule has 1 atom stereocenters. The van der Waals surface area contributed by atoms with Gasteiger partial charge in [0, 0.05) is 17.1 Å². The van der Waals surface area contributed by atoms with Gasteiger partial charge in [-0.25, -0.2) is 9.07 Å². The monoisotopic (exact) mass is 426 g/mol. The number of rotatable bonds is 4. The Morgan fingerprint density at radius 1 is 1.03 bits per heavy atom. The van der Waals surface area contributed by atoms with Gasteiger partial charge in [-0.15, -0.1) is 0 Å². The lowest BCUT2D eigenvalue weighted by Crippen LogP contribution is -2.26. The summed E-state index contributed by atoms with van der Waals surface area (Å²) >= 11 is 0. The first-order chi connectivity index (χ1) is 15.5. The fourth-order valence-electron chi connectivity index (χ4n) is 3.78. The molecule has 158 valence electrons. The van der Waals surface area contributed by atoms with Gasteiger partial charge in [0.15, 0.2) is 0 Å². The van der Waals surface area contributed by atoms with Crippen molar-refractivity contribution in [2.75, 3.05) is 0 Å². The van der Waals surface area contributed by atoms with Crippen LogP contribution in [0, 0.1) is 5.82 Å². The summed E-state index contributed by atoms with van der Waals surface area (Å²) in [5, 5.41) is 7.13. The predicted octanol–water partition coefficient (Wildman–Crippen LogP) is 4.50. The van der Waals surface area contributed by atoms with E-state index in [-0.39, 0.29) is 23.3 Å². The highest BCUT2D eigenvalue weighted by atomic mass is 19.1. The van der Waals surface area contributed by atoms with Crippen LogP contribution in [0.2, 0.25) is 0 Å². The first-order valence-electron chi connectivity index (χ1n) is 10.2. The number of fused-ring (bicyclic) bond motifs is 3. The van der Waals surface area contributed by atoms with Gasteiger partial charge in [0.1, 0.15) is 5.82 Å². The number of H-pyrrole nitrogens is 1. The van der Waals surface area contributed by atoms with E-state index in [1.807, 2.05) is 37.3 Å². The molecule has 5 rings (SSSR count). The average Bonchev–Trinajstić information content (AvgIpc) is 3.16. The number of amides is 1. The molecule has 0 unspecified atom stereocenters. The summed E-state index contributed by atoms with van der Waals surface area (Å²) in [6, 6.07) is 20.4. The second kappa shape index (κ2) is 7.77. The van der Waals surface area contributed by atoms with Crippen molar-refractivity contribution in [2.24, 2.45) is 0 Å². The Labute approximate surface area is 182 Å². The molecule has 1 amide bonds. The summed E-state index contributed by atoms with van der Waals surface area (Å²) in [5.41, 5.74) is 2.89. The highest BCUT2D eigenvalue weighted by molar-refractivity contribution is 6.06. The molecular weight excluding hydrogens is 407 g/mol. The number of nitrogens with one attached hydrogen (secondary N) is 2. The van der Waals surface area contributed by atoms with Crippen LogP contribution in [0.3, 0.4) is 0 Å². The van der Waals surface area contributed by atoms with E-state index in [4.69, 9.17) is 0 Å². The molecule has 0 aliphatic carbocycles. The summed E-state index contributed by atoms with van der Waals surface area (Å²) in [5.74, 6) is -0.606. The van der Waals surface area contributed by atoms with Crippen molar-refractivity contribution >= 4 is 27.7 Å². The van der Waals surface area contributed by atoms with Crippen molar-refractivity contribution in [3.63, 3.8) is 0 Å². The van der Waals surface area contributed by atoms with Gasteiger partial charge in [0.05, 0.1) is 28.1 Å². The number of benzene rings is 3. The molecule has 2 aromatic heterocycles. The highest BCUT2D eigenvalue weighted by Crippen LogP contribution is 2.23. The van der Waals surface area contributed by atoms with Gasteiger partial charge in [0.2, 0.25) is 0 Å². The van der Waals surface area contributed by atoms with E-state index in [0.29, 0.717) is 33.1 Å². The molecule has 5 aromatic rings. The zero-order chi connectivity index (χ0) is 22.2. The van der Waals surface area contributed by atoms with Gasteiger partial charge in [-0.2, -0.15) is 0 Å². The fraction of sp³-hybridized carbons (Fsp3) is 0.0800. The van der Waals surface area contributed by atoms with Gasteiger partial charge in [-0.3, -0.25) is 19.7 Å². The minimum atomic E-state index is -0.384. The average molecular weight is 426 g/mol. The molecule has 0 saturated carbocycles. The molecule has 2 N–H and O–H groups in total. The number of aromatic amines is 1. The zero-order valence-electron chi connectivity index (χ0n) is 17.2. The fourth-order valence-corrected chi connectivity index (χ4v) is 3.78. The number of nitrogens with zero attached hydrogens (tertiary/aromatic N) is 2. The van der Waals surface area contributed by atoms with Gasteiger partial charge in [0.25, 0.3) is 11.5 Å². The Morgan fingerprint density at radius 3 is 2.53 bits per heavy atom. The molecular formula is C25H19FN4O2. The molecule has 0 aliphatic heterocycles. The Hall–Kier alpha value is -4.26. The first-order valence-corrected chi connectivity index (χ1v) is 10.2. The number of carbonyl (C=O) groups excluding carboxylic acids is 1. The molecule has 32 heavy (non-hydrogen) atoms. The largest absolute Gasteiger partial charge is 0.346 e. The van der Waals surface area contributed by atoms with Crippen LogP contribution in [-0.2, 0) is 0 Å². The quantitative estimate of drug-likeness (QED) is 0.444. The van der Waals surface area contributed by atoms with E-state index in [1.165, 1.54) is 35.1 Å². The normalized spacial score (nSPS) is 12.2. The van der Waals surface area contributed by atoms with Crippen molar-refractivity contribution in [2.45, 2.75) is 13.0 Å². The maximum Gasteiger partial charge on any atom is 0.280 e. The van der Waals surface area contributed by atoms with E-state index in [9.17, 15) is 14.0 Å². The van der Waals surface area contributed by atoms with Crippen molar-refractivity contribution in [3.8, 4) is 5.69 Å². The van der Waals surface area contributed by atoms with Crippen molar-refractivity contribution in [1.82, 2.24) is 20.1 Å². The summed E-state index contributed by atoms with van der Waals surface area (Å²) < 4.78 is 14.6. The molecule has 0 bridgehead atoms. The lowest BCUT2D eigenvalue weighted by molar-refractivity contribution is 0.0940. The third-order valence-electron chi connectivity index (χ3n) is 5.52. The second-order valence-electron chi connectivity index (χ2n) is 7.61. The van der Waals surface area contributed by atoms with E-state index >= 15 is 0 Å². The topological polar surface area (TPSA) is 79.8 Å². The third-order valence-corrected chi connectivity index (χ3v) is 5.52. The Kier molecular flexibility index (Phi) is 4.78. The van der Waals surface area contributed by atoms with Crippen LogP contribution in [0.5, 0.6) is 0 Å². The van der Waals surface area contributed by atoms with Crippen LogP contribution in [0.1, 0.15) is 28.9 Å². The van der Waals surface area contributed by atoms with E-state index in [1.54, 1.807) is 18.2 Å². The number of aromatic nitrogens is 3. The standard InChI is InChI=1S/C25H19FN4O2/c1-15(16-5-3-2-4-6-16)28-24(31)17-7-12-22-20(13-17)23-21(14-27-22)25(32)30(29-23)19-10-8-18(26)9-11-19/h2-15,29H,1H3,(H,28,31)/t15-/m1/s1. The number of hydrogen-bond donors (Lipinski definition) is 2. The number of pyridine rings is 1. The summed E-state index contributed by atoms with van der Waals surface area (Å²) in [6.07, 6.45) is 1.51. The zero-order valence-corrected chi connectivity index (χ0v) is 17.2. The molecule has 0 aliphatic rings. The van der Waals surface area contributed by atoms with Gasteiger partial charge < -0.3 is 5.32 Å². The lowest BCUT2D eigenvalue weighted by atomic mass is 10.1. The second-order valence-corrected chi connectivity index (χ2v) is 7.61. The van der Waals surface area contributed by atoms with Crippen LogP contribution in [-0.4, -0.2) is 20.7 Å². The van der Waals surface area contributed by atoms with E-state index in [2.05, 4.69) is 15.4 Å². The maximum absolute atomic E-state index is 13.3. The smallest absolute Gasteiger partial charge is 0.280 e. The number of halogens is 1. The number of carbonyl (C=O) groups is 1. The molecule has 0 fully saturated rings. The van der Waals surface area contributed by atoms with Crippen LogP contribution >= 0.6 is 0 Å². The first kappa shape index (κ1) is 19.7. The van der Waals surface area contributed by atoms with Crippen LogP contribution in [0.4, 0.5) is 4.39 Å². The Balaban J connectivity index is 1.56. The van der Waals surface area contributed by atoms with Crippen LogP contribution in [0.15, 0.2) is 83.8 Å². The van der Waals surface area contributed by atoms with Crippen molar-refractivity contribution in [3.05, 3.63) is 106 Å². The predicted molar refractivity (Wildman–Crippen MR) is 121 cm³/mol. The molecule has 0 radical (unpaired) electrons. The molecule has 2 heterocycles. The van der Waals surface area contributed by atoms with Gasteiger partial charge >= 0.3 is 0 Å². The number of hydrogen-bond acceptors (Lipinski definition) is 3. The third kappa shape index (κ3) is 3.43. The van der Waals surface area contributed by atoms with Gasteiger partial charge in [-0.05, 0) is 55.0 Å². The van der Waals surface area contributed by atoms with Crippen molar-refractivity contribution < 1.29 is 9.18 Å². The Morgan fingerprint density at radius 2 is 1.78 bits per heavy atom. The SMILES string of the molecule is C[C@@H](NC(=O)c1ccc2ncc3c(=O)n(-c4ccc(F)cc4)[nH]c3c2c1)c1ccccc1. The Bertz CT molecular complexity index is 1500. The minimum Gasteiger partial charge on any atom is -0.346 e. The molecule has 0 spiro atoms.